The van der Waals surface area contributed by atoms with E-state index in [0.29, 0.717) is 11.8 Å². The Hall–Kier alpha value is -2.49. The summed E-state index contributed by atoms with van der Waals surface area (Å²) in [6, 6.07) is 10.5. The van der Waals surface area contributed by atoms with Gasteiger partial charge in [0.15, 0.2) is 23.3 Å². The van der Waals surface area contributed by atoms with E-state index in [2.05, 4.69) is 23.6 Å². The molecule has 4 rings (SSSR count). The fourth-order valence-corrected chi connectivity index (χ4v) is 4.08. The van der Waals surface area contributed by atoms with Gasteiger partial charge in [0, 0.05) is 30.9 Å². The molecule has 2 aromatic carbocycles. The minimum atomic E-state index is 0.211. The Labute approximate surface area is 142 Å². The van der Waals surface area contributed by atoms with E-state index in [9.17, 15) is 5.11 Å². The molecule has 0 amide bonds. The first-order valence-electron chi connectivity index (χ1n) is 8.29. The molecule has 0 bridgehead atoms. The van der Waals surface area contributed by atoms with Crippen molar-refractivity contribution in [1.29, 1.82) is 0 Å². The first-order chi connectivity index (χ1) is 11.6. The van der Waals surface area contributed by atoms with Gasteiger partial charge in [-0.05, 0) is 41.5 Å². The topological polar surface area (TPSA) is 41.7 Å². The molecule has 2 aromatic rings. The van der Waals surface area contributed by atoms with Crippen molar-refractivity contribution in [1.82, 2.24) is 0 Å². The lowest BCUT2D eigenvalue weighted by Crippen LogP contribution is -2.36. The third-order valence-corrected chi connectivity index (χ3v) is 5.35. The molecule has 1 atom stereocenters. The molecule has 0 saturated heterocycles. The predicted molar refractivity (Wildman–Crippen MR) is 92.7 cm³/mol. The Morgan fingerprint density at radius 2 is 1.92 bits per heavy atom. The number of phenols is 1. The first-order valence-corrected chi connectivity index (χ1v) is 8.29. The Kier molecular flexibility index (Phi) is 3.48. The van der Waals surface area contributed by atoms with E-state index in [1.54, 1.807) is 14.2 Å². The minimum Gasteiger partial charge on any atom is -0.504 e. The maximum Gasteiger partial charge on any atom is 0.182 e. The van der Waals surface area contributed by atoms with Gasteiger partial charge in [-0.15, -0.1) is 0 Å². The van der Waals surface area contributed by atoms with E-state index in [1.165, 1.54) is 28.0 Å². The number of hydrogen-bond donors (Lipinski definition) is 1. The van der Waals surface area contributed by atoms with Crippen LogP contribution in [-0.4, -0.2) is 36.2 Å². The molecule has 1 unspecified atom stereocenters. The van der Waals surface area contributed by atoms with Crippen molar-refractivity contribution in [2.75, 3.05) is 20.8 Å². The van der Waals surface area contributed by atoms with Crippen LogP contribution in [0.4, 0.5) is 0 Å². The van der Waals surface area contributed by atoms with Crippen molar-refractivity contribution in [2.24, 2.45) is 0 Å². The third kappa shape index (κ3) is 2.17. The highest BCUT2D eigenvalue weighted by molar-refractivity contribution is 5.97. The summed E-state index contributed by atoms with van der Waals surface area (Å²) in [7, 11) is 3.30. The van der Waals surface area contributed by atoms with Crippen molar-refractivity contribution >= 4 is 5.71 Å². The van der Waals surface area contributed by atoms with E-state index in [4.69, 9.17) is 9.47 Å². The molecule has 2 aliphatic rings. The number of aromatic hydroxyl groups is 1. The monoisotopic (exact) mass is 324 g/mol. The van der Waals surface area contributed by atoms with Crippen LogP contribution in [0, 0.1) is 0 Å². The van der Waals surface area contributed by atoms with Crippen LogP contribution < -0.4 is 9.47 Å². The molecule has 1 N–H and O–H groups in total. The minimum absolute atomic E-state index is 0.211. The van der Waals surface area contributed by atoms with Crippen LogP contribution in [0.1, 0.15) is 35.2 Å². The quantitative estimate of drug-likeness (QED) is 0.863. The predicted octanol–water partition coefficient (Wildman–Crippen LogP) is 3.08. The summed E-state index contributed by atoms with van der Waals surface area (Å²) in [5.74, 6) is 1.67. The van der Waals surface area contributed by atoms with Gasteiger partial charge < -0.3 is 14.6 Å². The van der Waals surface area contributed by atoms with Gasteiger partial charge in [-0.3, -0.25) is 0 Å². The Morgan fingerprint density at radius 3 is 2.67 bits per heavy atom. The largest absolute Gasteiger partial charge is 0.504 e. The third-order valence-electron chi connectivity index (χ3n) is 5.35. The molecule has 4 nitrogen and oxygen atoms in total. The lowest BCUT2D eigenvalue weighted by atomic mass is 9.84. The van der Waals surface area contributed by atoms with Gasteiger partial charge in [0.05, 0.1) is 14.2 Å². The van der Waals surface area contributed by atoms with Crippen LogP contribution in [0.15, 0.2) is 30.3 Å². The molecular formula is C20H22NO3+. The molecular weight excluding hydrogens is 302 g/mol. The Bertz CT molecular complexity index is 854. The van der Waals surface area contributed by atoms with Gasteiger partial charge >= 0.3 is 0 Å². The number of hydrogen-bond acceptors (Lipinski definition) is 3. The fourth-order valence-electron chi connectivity index (χ4n) is 4.08. The van der Waals surface area contributed by atoms with Crippen molar-refractivity contribution in [3.8, 4) is 17.2 Å². The van der Waals surface area contributed by atoms with Crippen molar-refractivity contribution in [2.45, 2.75) is 25.8 Å². The van der Waals surface area contributed by atoms with Crippen LogP contribution in [0.5, 0.6) is 17.2 Å². The fraction of sp³-hybridized carbons (Fsp3) is 0.350. The zero-order chi connectivity index (χ0) is 16.8. The van der Waals surface area contributed by atoms with Crippen LogP contribution >= 0.6 is 0 Å². The average Bonchev–Trinajstić information content (AvgIpc) is 2.60. The van der Waals surface area contributed by atoms with Gasteiger partial charge in [0.2, 0.25) is 0 Å². The van der Waals surface area contributed by atoms with E-state index in [0.717, 1.165) is 25.1 Å². The molecule has 124 valence electrons. The maximum atomic E-state index is 10.1. The number of rotatable bonds is 2. The molecule has 0 saturated carbocycles. The van der Waals surface area contributed by atoms with Crippen molar-refractivity contribution in [3.63, 3.8) is 0 Å². The van der Waals surface area contributed by atoms with Gasteiger partial charge in [0.1, 0.15) is 12.3 Å². The van der Waals surface area contributed by atoms with Crippen LogP contribution in [0.3, 0.4) is 0 Å². The zero-order valence-corrected chi connectivity index (χ0v) is 14.3. The smallest absolute Gasteiger partial charge is 0.182 e. The summed E-state index contributed by atoms with van der Waals surface area (Å²) in [6.45, 7) is 3.16. The molecule has 0 spiro atoms. The highest BCUT2D eigenvalue weighted by atomic mass is 16.5. The number of nitrogens with zero attached hydrogens (tertiary/aromatic N) is 1. The van der Waals surface area contributed by atoms with Crippen molar-refractivity contribution < 1.29 is 19.2 Å². The standard InChI is InChI=1S/C20H21NO3/c1-12-17-11-20(24-3)19(22)10-14(17)9-18-16-5-4-15(23-2)8-13(16)6-7-21(12)18/h4-5,8,10-11,18H,6-7,9H2,1-3H3/p+1. The van der Waals surface area contributed by atoms with E-state index in [1.807, 2.05) is 18.2 Å². The number of ether oxygens (including phenoxy) is 2. The second-order valence-electron chi connectivity index (χ2n) is 6.49. The second kappa shape index (κ2) is 5.55. The molecule has 0 aliphatic carbocycles. The number of fused-ring (bicyclic) bond motifs is 4. The molecule has 0 aromatic heterocycles. The van der Waals surface area contributed by atoms with E-state index in [-0.39, 0.29) is 5.75 Å². The summed E-state index contributed by atoms with van der Waals surface area (Å²) in [6.07, 6.45) is 1.91. The second-order valence-corrected chi connectivity index (χ2v) is 6.49. The summed E-state index contributed by atoms with van der Waals surface area (Å²) in [4.78, 5) is 0. The summed E-state index contributed by atoms with van der Waals surface area (Å²) in [5.41, 5.74) is 6.33. The highest BCUT2D eigenvalue weighted by Crippen LogP contribution is 2.39. The Balaban J connectivity index is 1.84. The Morgan fingerprint density at radius 1 is 1.08 bits per heavy atom. The van der Waals surface area contributed by atoms with E-state index >= 15 is 0 Å². The van der Waals surface area contributed by atoms with Crippen molar-refractivity contribution in [3.05, 3.63) is 52.6 Å². The molecule has 2 heterocycles. The number of methoxy groups -OCH3 is 2. The number of phenolic OH excluding ortho intramolecular Hbond substituents is 1. The SMILES string of the molecule is COc1ccc2c(c1)CC[N+]1=C(C)c3cc(OC)c(O)cc3CC21. The molecule has 0 fully saturated rings. The van der Waals surface area contributed by atoms with Crippen LogP contribution in [-0.2, 0) is 12.8 Å². The summed E-state index contributed by atoms with van der Waals surface area (Å²) >= 11 is 0. The zero-order valence-electron chi connectivity index (χ0n) is 14.3. The van der Waals surface area contributed by atoms with Gasteiger partial charge in [-0.25, -0.2) is 4.58 Å². The van der Waals surface area contributed by atoms with Crippen LogP contribution in [0.2, 0.25) is 0 Å². The van der Waals surface area contributed by atoms with Gasteiger partial charge in [-0.2, -0.15) is 0 Å². The van der Waals surface area contributed by atoms with Gasteiger partial charge in [-0.1, -0.05) is 0 Å². The van der Waals surface area contributed by atoms with Crippen LogP contribution in [0.25, 0.3) is 0 Å². The molecule has 24 heavy (non-hydrogen) atoms. The van der Waals surface area contributed by atoms with E-state index < -0.39 is 0 Å². The van der Waals surface area contributed by atoms with Gasteiger partial charge in [0.25, 0.3) is 0 Å². The average molecular weight is 324 g/mol. The summed E-state index contributed by atoms with van der Waals surface area (Å²) < 4.78 is 13.1. The highest BCUT2D eigenvalue weighted by Gasteiger charge is 2.37. The lowest BCUT2D eigenvalue weighted by molar-refractivity contribution is -0.577. The molecule has 0 radical (unpaired) electrons. The molecule has 4 heteroatoms. The lowest BCUT2D eigenvalue weighted by Gasteiger charge is -2.30. The number of benzene rings is 2. The maximum absolute atomic E-state index is 10.1. The first kappa shape index (κ1) is 15.1. The molecule has 2 aliphatic heterocycles. The summed E-state index contributed by atoms with van der Waals surface area (Å²) in [5, 5.41) is 10.1. The normalized spacial score (nSPS) is 18.5.